The molecule has 2 saturated carbocycles. The van der Waals surface area contributed by atoms with Crippen molar-refractivity contribution in [2.24, 2.45) is 22.2 Å². The summed E-state index contributed by atoms with van der Waals surface area (Å²) in [5.41, 5.74) is 6.28. The molecular formula is C41H47N7O3. The summed E-state index contributed by atoms with van der Waals surface area (Å²) in [5, 5.41) is 12.6. The number of aromatic amines is 1. The number of nitrogens with zero attached hydrogens (tertiary/aromatic N) is 3. The van der Waals surface area contributed by atoms with E-state index in [2.05, 4.69) is 81.6 Å². The zero-order valence-corrected chi connectivity index (χ0v) is 29.6. The number of rotatable bonds is 8. The van der Waals surface area contributed by atoms with Crippen LogP contribution >= 0.6 is 0 Å². The average Bonchev–Trinajstić information content (AvgIpc) is 3.79. The first kappa shape index (κ1) is 32.2. The van der Waals surface area contributed by atoms with Crippen LogP contribution in [0.15, 0.2) is 71.9 Å². The number of H-pyrrole nitrogens is 1. The van der Waals surface area contributed by atoms with Gasteiger partial charge in [0, 0.05) is 18.2 Å². The molecule has 2 aliphatic carbocycles. The summed E-state index contributed by atoms with van der Waals surface area (Å²) in [5.74, 6) is 2.21. The van der Waals surface area contributed by atoms with Crippen LogP contribution in [0.3, 0.4) is 0 Å². The van der Waals surface area contributed by atoms with Gasteiger partial charge < -0.3 is 30.6 Å². The third-order valence-corrected chi connectivity index (χ3v) is 12.3. The second-order valence-corrected chi connectivity index (χ2v) is 15.9. The number of methoxy groups -OCH3 is 1. The molecule has 264 valence electrons. The second-order valence-electron chi connectivity index (χ2n) is 15.9. The quantitative estimate of drug-likeness (QED) is 0.168. The smallest absolute Gasteiger partial charge is 0.407 e. The van der Waals surface area contributed by atoms with Crippen molar-refractivity contribution in [1.82, 2.24) is 30.8 Å². The van der Waals surface area contributed by atoms with Crippen LogP contribution < -0.4 is 16.0 Å². The maximum atomic E-state index is 13.9. The lowest BCUT2D eigenvalue weighted by molar-refractivity contribution is -0.137. The average molecular weight is 686 g/mol. The Hall–Kier alpha value is -4.70. The van der Waals surface area contributed by atoms with Gasteiger partial charge in [-0.1, -0.05) is 62.4 Å². The molecule has 2 saturated heterocycles. The highest BCUT2D eigenvalue weighted by molar-refractivity contribution is 5.96. The van der Waals surface area contributed by atoms with Gasteiger partial charge >= 0.3 is 6.09 Å². The van der Waals surface area contributed by atoms with E-state index in [1.807, 2.05) is 24.9 Å². The van der Waals surface area contributed by atoms with Gasteiger partial charge in [0.2, 0.25) is 5.91 Å². The number of amidine groups is 1. The Labute approximate surface area is 298 Å². The number of carbonyl (C=O) groups is 2. The number of benzene rings is 3. The maximum absolute atomic E-state index is 13.9. The van der Waals surface area contributed by atoms with E-state index in [-0.39, 0.29) is 30.0 Å². The number of aliphatic imine (C=N–C) groups is 1. The maximum Gasteiger partial charge on any atom is 0.407 e. The van der Waals surface area contributed by atoms with Gasteiger partial charge in [-0.15, -0.1) is 0 Å². The lowest BCUT2D eigenvalue weighted by atomic mass is 9.95. The van der Waals surface area contributed by atoms with Gasteiger partial charge in [0.05, 0.1) is 43.7 Å². The summed E-state index contributed by atoms with van der Waals surface area (Å²) < 4.78 is 4.83. The zero-order chi connectivity index (χ0) is 34.9. The van der Waals surface area contributed by atoms with Gasteiger partial charge in [-0.2, -0.15) is 0 Å². The summed E-state index contributed by atoms with van der Waals surface area (Å²) in [6, 6.07) is 21.9. The van der Waals surface area contributed by atoms with Crippen molar-refractivity contribution in [3.05, 3.63) is 78.2 Å². The number of aromatic nitrogens is 2. The highest BCUT2D eigenvalue weighted by Gasteiger charge is 2.53. The van der Waals surface area contributed by atoms with E-state index in [0.717, 1.165) is 48.7 Å². The lowest BCUT2D eigenvalue weighted by Gasteiger charge is -2.38. The normalized spacial score (nSPS) is 26.5. The van der Waals surface area contributed by atoms with Crippen LogP contribution in [0.5, 0.6) is 0 Å². The highest BCUT2D eigenvalue weighted by atomic mass is 16.5. The van der Waals surface area contributed by atoms with Crippen LogP contribution in [0.1, 0.15) is 75.8 Å². The first-order valence-corrected chi connectivity index (χ1v) is 18.7. The molecule has 51 heavy (non-hydrogen) atoms. The molecule has 10 heteroatoms. The van der Waals surface area contributed by atoms with Crippen molar-refractivity contribution in [2.75, 3.05) is 20.2 Å². The first-order chi connectivity index (χ1) is 24.8. The largest absolute Gasteiger partial charge is 0.453 e. The number of carbonyl (C=O) groups excluding carboxylic acids is 2. The van der Waals surface area contributed by atoms with Crippen molar-refractivity contribution >= 4 is 28.6 Å². The van der Waals surface area contributed by atoms with Crippen molar-refractivity contribution in [3.63, 3.8) is 0 Å². The fraction of sp³-hybridized carbons (Fsp3) is 0.463. The number of alkyl carbamates (subject to hydrolysis) is 1. The van der Waals surface area contributed by atoms with Crippen LogP contribution in [-0.4, -0.2) is 71.0 Å². The van der Waals surface area contributed by atoms with E-state index in [9.17, 15) is 9.59 Å². The van der Waals surface area contributed by atoms with Crippen LogP contribution in [-0.2, 0) is 9.53 Å². The minimum absolute atomic E-state index is 0.0462. The minimum Gasteiger partial charge on any atom is -0.453 e. The molecule has 3 aromatic carbocycles. The summed E-state index contributed by atoms with van der Waals surface area (Å²) in [4.78, 5) is 41.3. The van der Waals surface area contributed by atoms with Gasteiger partial charge in [-0.3, -0.25) is 9.79 Å². The Bertz CT molecular complexity index is 2010. The van der Waals surface area contributed by atoms with E-state index >= 15 is 0 Å². The molecule has 4 fully saturated rings. The van der Waals surface area contributed by atoms with Gasteiger partial charge in [0.15, 0.2) is 0 Å². The van der Waals surface area contributed by atoms with E-state index in [1.54, 1.807) is 0 Å². The van der Waals surface area contributed by atoms with Crippen molar-refractivity contribution in [2.45, 2.75) is 82.6 Å². The predicted molar refractivity (Wildman–Crippen MR) is 198 cm³/mol. The molecular weight excluding hydrogens is 638 g/mol. The molecule has 1 unspecified atom stereocenters. The molecule has 5 aliphatic rings. The summed E-state index contributed by atoms with van der Waals surface area (Å²) in [6.07, 6.45) is 8.34. The molecule has 2 amide bonds. The topological polar surface area (TPSA) is 124 Å². The lowest BCUT2D eigenvalue weighted by Crippen LogP contribution is -2.59. The zero-order valence-electron chi connectivity index (χ0n) is 29.6. The standard InChI is InChI=1S/C41H47N7O3/c1-23(2)35(47-40(50)51-3)39(49)48-31-13-12-30(18-31)36(48)38-43-20-33(46-38)25-6-4-24(5-7-25)26-8-9-28-17-29(11-10-27(28)16-26)34-21-42-37(45-34)32-19-41(14-15-41)22-44-32/h4-11,16-17,21,23,30-33,35-36,44H,12-15,18-20,22H2,1-3H3,(H,42,45)(H,43,46)(H,47,50)/t30-,31+,32-,33?,35-,36-/m0/s1. The molecule has 6 atom stereocenters. The van der Waals surface area contributed by atoms with Crippen LogP contribution in [0, 0.1) is 17.3 Å². The predicted octanol–water partition coefficient (Wildman–Crippen LogP) is 6.51. The molecule has 0 radical (unpaired) electrons. The number of hydrogen-bond donors (Lipinski definition) is 4. The summed E-state index contributed by atoms with van der Waals surface area (Å²) in [7, 11) is 1.33. The third kappa shape index (κ3) is 5.87. The fourth-order valence-electron chi connectivity index (χ4n) is 9.17. The number of amides is 2. The molecule has 1 spiro atoms. The molecule has 2 bridgehead atoms. The first-order valence-electron chi connectivity index (χ1n) is 18.7. The van der Waals surface area contributed by atoms with E-state index in [4.69, 9.17) is 14.7 Å². The molecule has 10 nitrogen and oxygen atoms in total. The van der Waals surface area contributed by atoms with Crippen LogP contribution in [0.2, 0.25) is 0 Å². The van der Waals surface area contributed by atoms with Gasteiger partial charge in [0.25, 0.3) is 0 Å². The van der Waals surface area contributed by atoms with E-state index in [1.165, 1.54) is 53.8 Å². The molecule has 4 aromatic rings. The summed E-state index contributed by atoms with van der Waals surface area (Å²) in [6.45, 7) is 5.65. The molecule has 4 heterocycles. The van der Waals surface area contributed by atoms with E-state index < -0.39 is 12.1 Å². The van der Waals surface area contributed by atoms with E-state index in [0.29, 0.717) is 23.9 Å². The monoisotopic (exact) mass is 685 g/mol. The van der Waals surface area contributed by atoms with Crippen LogP contribution in [0.25, 0.3) is 33.2 Å². The SMILES string of the molecule is COC(=O)N[C@H](C(=O)N1[C@@H]2CC[C@@H](C2)[C@H]1C1=NCC(c2ccc(-c3ccc4cc(-c5cnc([C@@H]6CC7(CC7)CN6)[nH]5)ccc4c3)cc2)N1)C(C)C. The van der Waals surface area contributed by atoms with Crippen LogP contribution in [0.4, 0.5) is 4.79 Å². The Morgan fingerprint density at radius 1 is 0.961 bits per heavy atom. The fourth-order valence-corrected chi connectivity index (χ4v) is 9.17. The molecule has 4 N–H and O–H groups in total. The molecule has 1 aromatic heterocycles. The highest BCUT2D eigenvalue weighted by Crippen LogP contribution is 2.54. The Morgan fingerprint density at radius 3 is 2.43 bits per heavy atom. The third-order valence-electron chi connectivity index (χ3n) is 12.3. The molecule has 3 aliphatic heterocycles. The van der Waals surface area contributed by atoms with Crippen molar-refractivity contribution in [3.8, 4) is 22.4 Å². The number of nitrogens with one attached hydrogen (secondary N) is 4. The van der Waals surface area contributed by atoms with Gasteiger partial charge in [0.1, 0.15) is 17.7 Å². The minimum atomic E-state index is -0.639. The number of imidazole rings is 1. The van der Waals surface area contributed by atoms with Crippen molar-refractivity contribution < 1.29 is 14.3 Å². The van der Waals surface area contributed by atoms with Crippen molar-refractivity contribution in [1.29, 1.82) is 0 Å². The summed E-state index contributed by atoms with van der Waals surface area (Å²) >= 11 is 0. The number of likely N-dealkylation sites (tertiary alicyclic amines) is 1. The van der Waals surface area contributed by atoms with Gasteiger partial charge in [-0.05, 0) is 95.4 Å². The second kappa shape index (κ2) is 12.5. The Kier molecular flexibility index (Phi) is 7.90. The molecule has 9 rings (SSSR count). The Balaban J connectivity index is 0.869. The number of ether oxygens (including phenoxy) is 1. The van der Waals surface area contributed by atoms with Gasteiger partial charge in [-0.25, -0.2) is 9.78 Å². The number of hydrogen-bond acceptors (Lipinski definition) is 7. The Morgan fingerprint density at radius 2 is 1.71 bits per heavy atom. The number of piperidine rings is 1. The number of fused-ring (bicyclic) bond motifs is 3.